The molecular weight excluding hydrogens is 831 g/mol. The summed E-state index contributed by atoms with van der Waals surface area (Å²) < 4.78 is 1.57. The normalized spacial score (nSPS) is 25.3. The third-order valence-electron chi connectivity index (χ3n) is 12.7. The average molecular weight is 880 g/mol. The van der Waals surface area contributed by atoms with E-state index in [1.54, 1.807) is 11.6 Å². The molecule has 2 bridgehead atoms. The summed E-state index contributed by atoms with van der Waals surface area (Å²) in [5, 5.41) is 50.1. The van der Waals surface area contributed by atoms with Gasteiger partial charge in [-0.3, -0.25) is 24.1 Å². The molecule has 61 heavy (non-hydrogen) atoms. The van der Waals surface area contributed by atoms with Gasteiger partial charge in [-0.15, -0.1) is 23.1 Å². The van der Waals surface area contributed by atoms with E-state index in [2.05, 4.69) is 20.8 Å². The van der Waals surface area contributed by atoms with E-state index in [1.165, 1.54) is 54.2 Å². The van der Waals surface area contributed by atoms with Crippen LogP contribution in [0.5, 0.6) is 11.5 Å². The van der Waals surface area contributed by atoms with Crippen molar-refractivity contribution in [2.45, 2.75) is 101 Å². The zero-order valence-corrected chi connectivity index (χ0v) is 35.7. The number of hydrogen-bond acceptors (Lipinski definition) is 14. The number of anilines is 1. The molecule has 20 heteroatoms. The Morgan fingerprint density at radius 3 is 2.49 bits per heavy atom. The van der Waals surface area contributed by atoms with Crippen LogP contribution in [0.4, 0.5) is 5.13 Å². The van der Waals surface area contributed by atoms with Gasteiger partial charge in [0.25, 0.3) is 17.7 Å². The van der Waals surface area contributed by atoms with E-state index >= 15 is 0 Å². The van der Waals surface area contributed by atoms with Crippen molar-refractivity contribution in [1.29, 1.82) is 0 Å². The van der Waals surface area contributed by atoms with Gasteiger partial charge in [0.05, 0.1) is 10.9 Å². The van der Waals surface area contributed by atoms with Crippen molar-refractivity contribution in [3.63, 3.8) is 0 Å². The van der Waals surface area contributed by atoms with E-state index in [-0.39, 0.29) is 49.8 Å². The Bertz CT molecular complexity index is 2440. The van der Waals surface area contributed by atoms with E-state index in [0.29, 0.717) is 30.0 Å². The number of oxime groups is 1. The Labute approximate surface area is 358 Å². The number of aromatic nitrogens is 2. The summed E-state index contributed by atoms with van der Waals surface area (Å²) in [5.41, 5.74) is 3.78. The number of phenols is 2. The number of carboxylic acids is 2. The highest BCUT2D eigenvalue weighted by atomic mass is 32.2. The van der Waals surface area contributed by atoms with Crippen LogP contribution in [-0.4, -0.2) is 99.1 Å². The molecule has 3 fully saturated rings. The minimum atomic E-state index is -1.79. The number of benzene rings is 1. The minimum Gasteiger partial charge on any atom is -0.504 e. The second kappa shape index (κ2) is 16.7. The number of nitrogen functional groups attached to an aromatic ring is 1. The number of pyridine rings is 1. The lowest BCUT2D eigenvalue weighted by Gasteiger charge is -2.51. The first-order valence-corrected chi connectivity index (χ1v) is 21.9. The number of fused-ring (bicyclic) bond motifs is 5. The van der Waals surface area contributed by atoms with E-state index in [9.17, 15) is 49.2 Å². The molecule has 2 saturated carbocycles. The molecule has 3 aromatic rings. The van der Waals surface area contributed by atoms with Crippen molar-refractivity contribution in [3.05, 3.63) is 56.5 Å². The lowest BCUT2D eigenvalue weighted by Crippen LogP contribution is -2.71. The van der Waals surface area contributed by atoms with Crippen LogP contribution >= 0.6 is 23.1 Å². The molecule has 8 N–H and O–H groups in total. The van der Waals surface area contributed by atoms with E-state index in [1.807, 2.05) is 6.92 Å². The van der Waals surface area contributed by atoms with E-state index < -0.39 is 63.6 Å². The van der Waals surface area contributed by atoms with Gasteiger partial charge in [0.1, 0.15) is 28.4 Å². The molecule has 18 nitrogen and oxygen atoms in total. The van der Waals surface area contributed by atoms with Crippen LogP contribution in [0.3, 0.4) is 0 Å². The van der Waals surface area contributed by atoms with Crippen molar-refractivity contribution >= 4 is 74.5 Å². The maximum Gasteiger partial charge on any atom is 0.352 e. The summed E-state index contributed by atoms with van der Waals surface area (Å²) in [6, 6.07) is 1.34. The first kappa shape index (κ1) is 43.5. The monoisotopic (exact) mass is 879 g/mol. The van der Waals surface area contributed by atoms with Crippen LogP contribution in [0.2, 0.25) is 0 Å². The Morgan fingerprint density at radius 2 is 1.80 bits per heavy atom. The number of carbonyl (C=O) groups excluding carboxylic acids is 3. The molecule has 1 aromatic carbocycles. The number of hydrogen-bond donors (Lipinski definition) is 7. The summed E-state index contributed by atoms with van der Waals surface area (Å²) in [6.45, 7) is 4.79. The molecule has 1 saturated heterocycles. The summed E-state index contributed by atoms with van der Waals surface area (Å²) in [6.07, 6.45) is 9.08. The Morgan fingerprint density at radius 1 is 1.08 bits per heavy atom. The number of rotatable bonds is 13. The highest BCUT2D eigenvalue weighted by Gasteiger charge is 2.56. The van der Waals surface area contributed by atoms with E-state index in [0.717, 1.165) is 62.7 Å². The average Bonchev–Trinajstić information content (AvgIpc) is 3.41. The molecule has 326 valence electrons. The van der Waals surface area contributed by atoms with Gasteiger partial charge in [-0.2, -0.15) is 0 Å². The highest BCUT2D eigenvalue weighted by molar-refractivity contribution is 8.00. The Kier molecular flexibility index (Phi) is 11.9. The number of phenolic OH excluding ortho intramolecular Hbond substituents is 2. The summed E-state index contributed by atoms with van der Waals surface area (Å²) >= 11 is 2.39. The van der Waals surface area contributed by atoms with Crippen molar-refractivity contribution in [2.24, 2.45) is 29.5 Å². The molecule has 3 amide bonds. The number of thiazole rings is 1. The number of aryl methyl sites for hydroxylation is 1. The molecule has 6 atom stereocenters. The van der Waals surface area contributed by atoms with Gasteiger partial charge >= 0.3 is 11.9 Å². The van der Waals surface area contributed by atoms with E-state index in [4.69, 9.17) is 10.6 Å². The lowest BCUT2D eigenvalue weighted by molar-refractivity contribution is -0.161. The van der Waals surface area contributed by atoms with Crippen molar-refractivity contribution in [3.8, 4) is 11.5 Å². The number of nitrogens with one attached hydrogen (secondary N) is 2. The Hall–Kier alpha value is -5.63. The number of aliphatic carboxylic acids is 2. The first-order chi connectivity index (χ1) is 28.8. The van der Waals surface area contributed by atoms with Crippen LogP contribution in [0.25, 0.3) is 10.9 Å². The number of nitrogens with zero attached hydrogens (tertiary/aromatic N) is 4. The van der Waals surface area contributed by atoms with Crippen LogP contribution in [0.1, 0.15) is 94.6 Å². The molecule has 2 aromatic heterocycles. The van der Waals surface area contributed by atoms with Crippen molar-refractivity contribution in [1.82, 2.24) is 25.1 Å². The molecule has 0 spiro atoms. The lowest BCUT2D eigenvalue weighted by atomic mass is 9.74. The van der Waals surface area contributed by atoms with Gasteiger partial charge < -0.3 is 46.2 Å². The van der Waals surface area contributed by atoms with Crippen LogP contribution in [-0.2, 0) is 31.1 Å². The molecule has 4 aliphatic rings. The second-order valence-electron chi connectivity index (χ2n) is 17.0. The fraction of sp³-hybridized carbons (Fsp3) is 0.512. The quantitative estimate of drug-likeness (QED) is 0.0556. The number of aromatic hydroxyl groups is 2. The number of carboxylic acid groups (broad SMARTS) is 2. The molecule has 6 unspecified atom stereocenters. The number of amides is 3. The number of thioether (sulfide) groups is 1. The van der Waals surface area contributed by atoms with Crippen molar-refractivity contribution < 1.29 is 49.2 Å². The standard InChI is InChI=1S/C41H49N7O11S2/c1-19-22(31(37(55)56)48-35(54)30(36(48)61-19)45-34(53)29(25-17-60-39(42)44-25)46-59-40(2,3)38(57)58)8-7-21-10-13-41(11-5-6-20(21)9-12-41)18-43-33(52)24-16-47(4)26-15-28(50)27(49)14-23(26)32(24)51/h14-17,19-21,30,36,49-50H,5-13,18H2,1-4H3,(H2,42,44)(H,43,52)(H,45,53)(H,55,56)(H,57,58). The summed E-state index contributed by atoms with van der Waals surface area (Å²) in [5.74, 6) is -4.67. The minimum absolute atomic E-state index is 0.0140. The highest BCUT2D eigenvalue weighted by Crippen LogP contribution is 2.51. The van der Waals surface area contributed by atoms with Gasteiger partial charge in [0.15, 0.2) is 22.3 Å². The van der Waals surface area contributed by atoms with Gasteiger partial charge in [0.2, 0.25) is 11.0 Å². The molecule has 7 rings (SSSR count). The largest absolute Gasteiger partial charge is 0.504 e. The maximum atomic E-state index is 13.7. The smallest absolute Gasteiger partial charge is 0.352 e. The zero-order valence-electron chi connectivity index (χ0n) is 34.1. The summed E-state index contributed by atoms with van der Waals surface area (Å²) in [4.78, 5) is 89.0. The van der Waals surface area contributed by atoms with Gasteiger partial charge in [0, 0.05) is 36.5 Å². The molecular formula is C41H49N7O11S2. The number of nitrogens with two attached hydrogens (primary N) is 1. The van der Waals surface area contributed by atoms with Gasteiger partial charge in [-0.25, -0.2) is 14.6 Å². The molecule has 0 radical (unpaired) electrons. The third kappa shape index (κ3) is 8.38. The zero-order chi connectivity index (χ0) is 44.1. The maximum absolute atomic E-state index is 13.7. The predicted molar refractivity (Wildman–Crippen MR) is 226 cm³/mol. The summed E-state index contributed by atoms with van der Waals surface area (Å²) in [7, 11) is 1.66. The van der Waals surface area contributed by atoms with Gasteiger partial charge in [-0.1, -0.05) is 18.0 Å². The van der Waals surface area contributed by atoms with Crippen molar-refractivity contribution in [2.75, 3.05) is 12.3 Å². The number of β-lactam (4-membered cyclic amide) rings is 1. The topological polar surface area (TPSA) is 276 Å². The van der Waals surface area contributed by atoms with Gasteiger partial charge in [-0.05, 0) is 94.6 Å². The van der Waals surface area contributed by atoms with Crippen LogP contribution in [0, 0.1) is 17.3 Å². The first-order valence-electron chi connectivity index (χ1n) is 20.1. The fourth-order valence-electron chi connectivity index (χ4n) is 9.15. The molecule has 2 aliphatic carbocycles. The number of carbonyl (C=O) groups is 5. The second-order valence-corrected chi connectivity index (χ2v) is 19.3. The fourth-order valence-corrected chi connectivity index (χ4v) is 11.2. The molecule has 2 aliphatic heterocycles. The van der Waals surface area contributed by atoms with Crippen LogP contribution < -0.4 is 21.8 Å². The Balaban J connectivity index is 1.02. The third-order valence-corrected chi connectivity index (χ3v) is 14.9. The molecule has 4 heterocycles. The predicted octanol–water partition coefficient (Wildman–Crippen LogP) is 3.89. The SMILES string of the molecule is CC1SC2C(NC(=O)C(=NOC(C)(C)C(=O)O)c3csc(N)n3)C(=O)N2C(C(=O)O)=C1CCC1CCC2(CNC(=O)c3cn(C)c4cc(O)c(O)cc4c3=O)CCCC1CC2. The van der Waals surface area contributed by atoms with Crippen LogP contribution in [0.15, 0.2) is 44.9 Å².